The van der Waals surface area contributed by atoms with Gasteiger partial charge in [-0.15, -0.1) is 0 Å². The van der Waals surface area contributed by atoms with Gasteiger partial charge in [-0.2, -0.15) is 5.10 Å². The van der Waals surface area contributed by atoms with Crippen molar-refractivity contribution in [3.8, 4) is 0 Å². The first-order valence-corrected chi connectivity index (χ1v) is 12.2. The third-order valence-electron chi connectivity index (χ3n) is 7.07. The number of halogens is 1. The minimum atomic E-state index is -1.30. The highest BCUT2D eigenvalue weighted by Crippen LogP contribution is 2.33. The van der Waals surface area contributed by atoms with Gasteiger partial charge in [-0.25, -0.2) is 9.18 Å². The maximum absolute atomic E-state index is 14.5. The molecule has 3 heterocycles. The second kappa shape index (κ2) is 10.00. The number of imide groups is 1. The number of carbonyl (C=O) groups excluding carboxylic acids is 3. The molecule has 1 saturated carbocycles. The zero-order valence-corrected chi connectivity index (χ0v) is 19.9. The Morgan fingerprint density at radius 3 is 2.62 bits per heavy atom. The Labute approximate surface area is 211 Å². The highest BCUT2D eigenvalue weighted by Gasteiger charge is 2.40. The van der Waals surface area contributed by atoms with Gasteiger partial charge in [0.1, 0.15) is 11.9 Å². The van der Waals surface area contributed by atoms with Crippen LogP contribution in [0.2, 0.25) is 0 Å². The Bertz CT molecular complexity index is 1400. The van der Waals surface area contributed by atoms with Crippen molar-refractivity contribution in [1.82, 2.24) is 25.3 Å². The molecular weight excluding hydrogens is 481 g/mol. The summed E-state index contributed by atoms with van der Waals surface area (Å²) in [5.74, 6) is -2.38. The number of piperidine rings is 1. The van der Waals surface area contributed by atoms with Crippen LogP contribution in [0.3, 0.4) is 0 Å². The zero-order valence-electron chi connectivity index (χ0n) is 19.9. The fourth-order valence-electron chi connectivity index (χ4n) is 4.87. The number of aromatic nitrogens is 2. The number of rotatable bonds is 4. The molecule has 192 valence electrons. The number of para-hydroxylation sites is 1. The molecule has 0 bridgehead atoms. The van der Waals surface area contributed by atoms with Crippen molar-refractivity contribution >= 4 is 34.7 Å². The molecule has 11 heteroatoms. The topological polar surface area (TPSA) is 134 Å². The van der Waals surface area contributed by atoms with E-state index in [1.165, 1.54) is 41.1 Å². The van der Waals surface area contributed by atoms with Crippen molar-refractivity contribution in [1.29, 1.82) is 0 Å². The van der Waals surface area contributed by atoms with E-state index in [4.69, 9.17) is 5.11 Å². The molecular formula is C26H26FN5O5. The zero-order chi connectivity index (χ0) is 26.1. The molecule has 3 aliphatic rings. The van der Waals surface area contributed by atoms with Crippen molar-refractivity contribution in [2.45, 2.75) is 57.3 Å². The number of nitrogens with one attached hydrogen (secondary N) is 2. The molecule has 10 nitrogen and oxygen atoms in total. The Morgan fingerprint density at radius 2 is 1.92 bits per heavy atom. The lowest BCUT2D eigenvalue weighted by Gasteiger charge is -2.29. The Balaban J connectivity index is 0.000000179. The van der Waals surface area contributed by atoms with Gasteiger partial charge in [0.25, 0.3) is 5.91 Å². The van der Waals surface area contributed by atoms with Gasteiger partial charge in [-0.05, 0) is 37.3 Å². The summed E-state index contributed by atoms with van der Waals surface area (Å²) < 4.78 is 16.7. The second-order valence-corrected chi connectivity index (χ2v) is 9.36. The summed E-state index contributed by atoms with van der Waals surface area (Å²) >= 11 is 0. The molecule has 1 aromatic heterocycles. The molecule has 4 amide bonds. The average molecular weight is 508 g/mol. The Hall–Kier alpha value is -4.28. The van der Waals surface area contributed by atoms with Gasteiger partial charge in [-0.1, -0.05) is 30.3 Å². The molecule has 3 aromatic rings. The Kier molecular flexibility index (Phi) is 6.60. The number of nitrogens with zero attached hydrogens (tertiary/aromatic N) is 3. The van der Waals surface area contributed by atoms with Gasteiger partial charge in [0.05, 0.1) is 23.3 Å². The lowest BCUT2D eigenvalue weighted by Crippen LogP contribution is -2.52. The van der Waals surface area contributed by atoms with E-state index < -0.39 is 35.7 Å². The highest BCUT2D eigenvalue weighted by molar-refractivity contribution is 6.05. The van der Waals surface area contributed by atoms with Gasteiger partial charge in [-0.3, -0.25) is 24.4 Å². The standard InChI is InChI=1S/C15H14FN3O5.C11H12N2/c16-12-7(5-17-15(23)24)1-2-8-6-19(14(22)11(8)12)9-3-4-10(20)18-13(9)21;1-2-7-11-9(4-1)8-12-13(11)10-5-3-6-10/h1-2,9,17H,3-6H2,(H,23,24)(H,18,20,21);1-2,4,7-8,10H,3,5-6H2. The number of benzene rings is 2. The van der Waals surface area contributed by atoms with Crippen molar-refractivity contribution in [3.63, 3.8) is 0 Å². The number of amides is 4. The van der Waals surface area contributed by atoms with E-state index in [9.17, 15) is 23.6 Å². The Morgan fingerprint density at radius 1 is 1.14 bits per heavy atom. The smallest absolute Gasteiger partial charge is 0.404 e. The van der Waals surface area contributed by atoms with E-state index in [0.717, 1.165) is 0 Å². The third kappa shape index (κ3) is 4.76. The predicted octanol–water partition coefficient (Wildman–Crippen LogP) is 3.12. The second-order valence-electron chi connectivity index (χ2n) is 9.36. The van der Waals surface area contributed by atoms with Crippen LogP contribution in [0.4, 0.5) is 9.18 Å². The van der Waals surface area contributed by atoms with Crippen LogP contribution in [-0.2, 0) is 22.7 Å². The molecule has 37 heavy (non-hydrogen) atoms. The van der Waals surface area contributed by atoms with Gasteiger partial charge < -0.3 is 15.3 Å². The maximum atomic E-state index is 14.5. The molecule has 1 aliphatic carbocycles. The summed E-state index contributed by atoms with van der Waals surface area (Å²) in [6.07, 6.45) is 4.93. The van der Waals surface area contributed by atoms with E-state index in [1.807, 2.05) is 11.5 Å². The SMILES string of the molecule is O=C(O)NCc1ccc2c(c1F)C(=O)N(C1CCC(=O)NC1=O)C2.c1ccc2c(c1)cnn2C1CCC1. The minimum Gasteiger partial charge on any atom is -0.465 e. The molecule has 3 N–H and O–H groups in total. The quantitative estimate of drug-likeness (QED) is 0.465. The van der Waals surface area contributed by atoms with E-state index in [-0.39, 0.29) is 37.1 Å². The molecule has 2 fully saturated rings. The molecule has 1 unspecified atom stereocenters. The highest BCUT2D eigenvalue weighted by atomic mass is 19.1. The number of carboxylic acid groups (broad SMARTS) is 1. The van der Waals surface area contributed by atoms with Crippen LogP contribution >= 0.6 is 0 Å². The molecule has 1 saturated heterocycles. The van der Waals surface area contributed by atoms with Crippen LogP contribution in [0, 0.1) is 5.82 Å². The molecule has 0 spiro atoms. The number of fused-ring (bicyclic) bond motifs is 2. The largest absolute Gasteiger partial charge is 0.465 e. The fourth-order valence-corrected chi connectivity index (χ4v) is 4.87. The molecule has 1 atom stereocenters. The molecule has 0 radical (unpaired) electrons. The predicted molar refractivity (Wildman–Crippen MR) is 130 cm³/mol. The van der Waals surface area contributed by atoms with Crippen molar-refractivity contribution < 1.29 is 28.7 Å². The minimum absolute atomic E-state index is 0.0506. The van der Waals surface area contributed by atoms with Gasteiger partial charge >= 0.3 is 6.09 Å². The lowest BCUT2D eigenvalue weighted by molar-refractivity contribution is -0.136. The molecule has 2 aliphatic heterocycles. The van der Waals surface area contributed by atoms with Crippen molar-refractivity contribution in [2.24, 2.45) is 0 Å². The normalized spacial score (nSPS) is 19.1. The van der Waals surface area contributed by atoms with E-state index in [1.54, 1.807) is 6.07 Å². The monoisotopic (exact) mass is 507 g/mol. The summed E-state index contributed by atoms with van der Waals surface area (Å²) in [6, 6.07) is 11.2. The van der Waals surface area contributed by atoms with Crippen LogP contribution in [0.5, 0.6) is 0 Å². The first-order valence-electron chi connectivity index (χ1n) is 12.2. The van der Waals surface area contributed by atoms with E-state index in [2.05, 4.69) is 39.4 Å². The van der Waals surface area contributed by atoms with Gasteiger partial charge in [0, 0.05) is 30.5 Å². The van der Waals surface area contributed by atoms with Crippen LogP contribution in [0.1, 0.15) is 59.6 Å². The molecule has 2 aromatic carbocycles. The summed E-state index contributed by atoms with van der Waals surface area (Å²) in [4.78, 5) is 47.4. The van der Waals surface area contributed by atoms with Crippen LogP contribution in [0.25, 0.3) is 10.9 Å². The van der Waals surface area contributed by atoms with E-state index in [0.29, 0.717) is 11.6 Å². The van der Waals surface area contributed by atoms with E-state index >= 15 is 0 Å². The van der Waals surface area contributed by atoms with Gasteiger partial charge in [0.2, 0.25) is 11.8 Å². The number of carbonyl (C=O) groups is 4. The summed E-state index contributed by atoms with van der Waals surface area (Å²) in [5, 5.41) is 18.5. The average Bonchev–Trinajstić information content (AvgIpc) is 3.40. The van der Waals surface area contributed by atoms with Crippen molar-refractivity contribution in [2.75, 3.05) is 0 Å². The first-order chi connectivity index (χ1) is 17.8. The van der Waals surface area contributed by atoms with Crippen LogP contribution in [0.15, 0.2) is 42.6 Å². The summed E-state index contributed by atoms with van der Waals surface area (Å²) in [7, 11) is 0. The van der Waals surface area contributed by atoms with Crippen LogP contribution < -0.4 is 10.6 Å². The summed E-state index contributed by atoms with van der Waals surface area (Å²) in [6.45, 7) is -0.190. The number of hydrogen-bond donors (Lipinski definition) is 3. The lowest BCUT2D eigenvalue weighted by atomic mass is 9.93. The maximum Gasteiger partial charge on any atom is 0.404 e. The first kappa shape index (κ1) is 24.4. The van der Waals surface area contributed by atoms with Crippen LogP contribution in [-0.4, -0.2) is 49.6 Å². The van der Waals surface area contributed by atoms with Gasteiger partial charge in [0.15, 0.2) is 0 Å². The van der Waals surface area contributed by atoms with Crippen molar-refractivity contribution in [3.05, 3.63) is 65.1 Å². The molecule has 6 rings (SSSR count). The summed E-state index contributed by atoms with van der Waals surface area (Å²) in [5.41, 5.74) is 1.62. The number of hydrogen-bond acceptors (Lipinski definition) is 5. The fraction of sp³-hybridized carbons (Fsp3) is 0.346. The third-order valence-corrected chi connectivity index (χ3v) is 7.07.